The molecule has 0 spiro atoms. The Balaban J connectivity index is 2.17. The summed E-state index contributed by atoms with van der Waals surface area (Å²) in [4.78, 5) is 29.0. The number of benzene rings is 1. The highest BCUT2D eigenvalue weighted by atomic mass is 32.1. The molecule has 0 radical (unpaired) electrons. The summed E-state index contributed by atoms with van der Waals surface area (Å²) in [6, 6.07) is 7.06. The van der Waals surface area contributed by atoms with Gasteiger partial charge in [-0.25, -0.2) is 4.98 Å². The predicted octanol–water partition coefficient (Wildman–Crippen LogP) is 3.86. The van der Waals surface area contributed by atoms with Crippen molar-refractivity contribution in [2.24, 2.45) is 5.92 Å². The van der Waals surface area contributed by atoms with Gasteiger partial charge in [-0.3, -0.25) is 9.59 Å². The third-order valence-corrected chi connectivity index (χ3v) is 4.05. The molecule has 2 rings (SSSR count). The summed E-state index contributed by atoms with van der Waals surface area (Å²) in [5, 5.41) is 6.44. The molecule has 122 valence electrons. The second-order valence-electron chi connectivity index (χ2n) is 5.82. The Morgan fingerprint density at radius 1 is 1.22 bits per heavy atom. The number of thiazole rings is 1. The van der Waals surface area contributed by atoms with E-state index in [0.29, 0.717) is 23.0 Å². The van der Waals surface area contributed by atoms with Crippen LogP contribution in [0, 0.1) is 12.8 Å². The highest BCUT2D eigenvalue weighted by Crippen LogP contribution is 2.23. The summed E-state index contributed by atoms with van der Waals surface area (Å²) in [6.45, 7) is 7.59. The lowest BCUT2D eigenvalue weighted by Gasteiger charge is -2.08. The van der Waals surface area contributed by atoms with Gasteiger partial charge < -0.3 is 10.6 Å². The molecule has 6 heteroatoms. The van der Waals surface area contributed by atoms with Crippen molar-refractivity contribution in [1.29, 1.82) is 0 Å². The molecule has 0 unspecified atom stereocenters. The monoisotopic (exact) mass is 331 g/mol. The molecule has 0 bridgehead atoms. The first-order valence-corrected chi connectivity index (χ1v) is 8.32. The van der Waals surface area contributed by atoms with Gasteiger partial charge in [-0.05, 0) is 37.5 Å². The van der Waals surface area contributed by atoms with Gasteiger partial charge in [0.2, 0.25) is 5.91 Å². The van der Waals surface area contributed by atoms with E-state index in [0.717, 1.165) is 16.3 Å². The minimum atomic E-state index is -0.218. The van der Waals surface area contributed by atoms with Gasteiger partial charge in [0, 0.05) is 23.2 Å². The lowest BCUT2D eigenvalue weighted by molar-refractivity contribution is -0.114. The van der Waals surface area contributed by atoms with Crippen LogP contribution in [-0.4, -0.2) is 16.8 Å². The number of carbonyl (C=O) groups is 2. The van der Waals surface area contributed by atoms with Crippen LogP contribution in [0.4, 0.5) is 11.4 Å². The maximum atomic E-state index is 12.5. The van der Waals surface area contributed by atoms with E-state index >= 15 is 0 Å². The lowest BCUT2D eigenvalue weighted by Crippen LogP contribution is -2.15. The highest BCUT2D eigenvalue weighted by Gasteiger charge is 2.18. The number of hydrogen-bond acceptors (Lipinski definition) is 4. The second kappa shape index (κ2) is 7.37. The van der Waals surface area contributed by atoms with Crippen molar-refractivity contribution in [2.75, 3.05) is 10.6 Å². The van der Waals surface area contributed by atoms with E-state index in [-0.39, 0.29) is 11.8 Å². The van der Waals surface area contributed by atoms with E-state index in [9.17, 15) is 9.59 Å². The Kier molecular flexibility index (Phi) is 5.50. The van der Waals surface area contributed by atoms with Gasteiger partial charge in [-0.1, -0.05) is 19.9 Å². The van der Waals surface area contributed by atoms with Crippen LogP contribution in [-0.2, 0) is 11.2 Å². The number of amides is 2. The molecule has 1 aromatic carbocycles. The molecule has 0 aliphatic heterocycles. The zero-order chi connectivity index (χ0) is 17.0. The number of rotatable bonds is 5. The predicted molar refractivity (Wildman–Crippen MR) is 94.1 cm³/mol. The van der Waals surface area contributed by atoms with Gasteiger partial charge in [0.1, 0.15) is 5.69 Å². The number of nitrogens with one attached hydrogen (secondary N) is 2. The van der Waals surface area contributed by atoms with Gasteiger partial charge in [-0.15, -0.1) is 11.3 Å². The van der Waals surface area contributed by atoms with Crippen LogP contribution in [0.2, 0.25) is 0 Å². The van der Waals surface area contributed by atoms with Gasteiger partial charge >= 0.3 is 0 Å². The van der Waals surface area contributed by atoms with Gasteiger partial charge in [0.25, 0.3) is 5.91 Å². The van der Waals surface area contributed by atoms with Crippen LogP contribution in [0.5, 0.6) is 0 Å². The third kappa shape index (κ3) is 4.89. The number of nitrogens with zero attached hydrogens (tertiary/aromatic N) is 1. The first-order chi connectivity index (χ1) is 10.8. The molecule has 0 saturated heterocycles. The maximum absolute atomic E-state index is 12.5. The normalized spacial score (nSPS) is 10.7. The molecule has 2 amide bonds. The van der Waals surface area contributed by atoms with Crippen molar-refractivity contribution in [1.82, 2.24) is 4.98 Å². The van der Waals surface area contributed by atoms with Crippen molar-refractivity contribution >= 4 is 34.5 Å². The number of anilines is 2. The van der Waals surface area contributed by atoms with Crippen LogP contribution < -0.4 is 10.6 Å². The Labute approximate surface area is 140 Å². The summed E-state index contributed by atoms with van der Waals surface area (Å²) in [5.74, 6) is 0.0947. The fourth-order valence-corrected chi connectivity index (χ4v) is 3.37. The van der Waals surface area contributed by atoms with Crippen LogP contribution in [0.3, 0.4) is 0 Å². The average molecular weight is 331 g/mol. The first-order valence-electron chi connectivity index (χ1n) is 7.50. The second-order valence-corrected chi connectivity index (χ2v) is 7.11. The third-order valence-electron chi connectivity index (χ3n) is 3.05. The van der Waals surface area contributed by atoms with Crippen molar-refractivity contribution in [3.8, 4) is 0 Å². The smallest absolute Gasteiger partial charge is 0.275 e. The standard InChI is InChI=1S/C17H21N3O2S/c1-10(2)8-15-16(19-12(4)23-15)17(22)20-14-7-5-6-13(9-14)18-11(3)21/h5-7,9-10H,8H2,1-4H3,(H,18,21)(H,20,22). The Hall–Kier alpha value is -2.21. The van der Waals surface area contributed by atoms with E-state index in [1.165, 1.54) is 6.92 Å². The maximum Gasteiger partial charge on any atom is 0.275 e. The molecule has 0 saturated carbocycles. The van der Waals surface area contributed by atoms with Crippen molar-refractivity contribution < 1.29 is 9.59 Å². The molecular formula is C17H21N3O2S. The van der Waals surface area contributed by atoms with E-state index in [4.69, 9.17) is 0 Å². The summed E-state index contributed by atoms with van der Waals surface area (Å²) in [5.41, 5.74) is 1.76. The minimum absolute atomic E-state index is 0.150. The van der Waals surface area contributed by atoms with Crippen molar-refractivity contribution in [3.05, 3.63) is 39.8 Å². The molecular weight excluding hydrogens is 310 g/mol. The van der Waals surface area contributed by atoms with Crippen LogP contribution in [0.15, 0.2) is 24.3 Å². The van der Waals surface area contributed by atoms with Gasteiger partial charge in [-0.2, -0.15) is 0 Å². The molecule has 5 nitrogen and oxygen atoms in total. The summed E-state index contributed by atoms with van der Waals surface area (Å²) in [6.07, 6.45) is 0.834. The van der Waals surface area contributed by atoms with E-state index < -0.39 is 0 Å². The van der Waals surface area contributed by atoms with E-state index in [1.807, 2.05) is 6.92 Å². The molecule has 1 aromatic heterocycles. The number of aromatic nitrogens is 1. The molecule has 2 aromatic rings. The molecule has 0 atom stereocenters. The molecule has 23 heavy (non-hydrogen) atoms. The quantitative estimate of drug-likeness (QED) is 0.874. The van der Waals surface area contributed by atoms with Crippen LogP contribution >= 0.6 is 11.3 Å². The van der Waals surface area contributed by atoms with Crippen LogP contribution in [0.25, 0.3) is 0 Å². The lowest BCUT2D eigenvalue weighted by atomic mass is 10.1. The molecule has 2 N–H and O–H groups in total. The topological polar surface area (TPSA) is 71.1 Å². The van der Waals surface area contributed by atoms with Gasteiger partial charge in [0.05, 0.1) is 5.01 Å². The van der Waals surface area contributed by atoms with Gasteiger partial charge in [0.15, 0.2) is 0 Å². The number of carbonyl (C=O) groups excluding carboxylic acids is 2. The molecule has 0 fully saturated rings. The highest BCUT2D eigenvalue weighted by molar-refractivity contribution is 7.11. The van der Waals surface area contributed by atoms with Crippen LogP contribution in [0.1, 0.15) is 41.1 Å². The fraction of sp³-hybridized carbons (Fsp3) is 0.353. The largest absolute Gasteiger partial charge is 0.326 e. The first kappa shape index (κ1) is 17.1. The van der Waals surface area contributed by atoms with Crippen molar-refractivity contribution in [3.63, 3.8) is 0 Å². The SMILES string of the molecule is CC(=O)Nc1cccc(NC(=O)c2nc(C)sc2CC(C)C)c1. The zero-order valence-corrected chi connectivity index (χ0v) is 14.6. The summed E-state index contributed by atoms with van der Waals surface area (Å²) < 4.78 is 0. The summed E-state index contributed by atoms with van der Waals surface area (Å²) in [7, 11) is 0. The summed E-state index contributed by atoms with van der Waals surface area (Å²) >= 11 is 1.56. The van der Waals surface area contributed by atoms with E-state index in [1.54, 1.807) is 35.6 Å². The number of hydrogen-bond donors (Lipinski definition) is 2. The average Bonchev–Trinajstić information content (AvgIpc) is 2.78. The molecule has 1 heterocycles. The number of aryl methyl sites for hydroxylation is 1. The van der Waals surface area contributed by atoms with E-state index in [2.05, 4.69) is 29.5 Å². The zero-order valence-electron chi connectivity index (χ0n) is 13.8. The minimum Gasteiger partial charge on any atom is -0.326 e. The molecule has 0 aliphatic carbocycles. The fourth-order valence-electron chi connectivity index (χ4n) is 2.22. The van der Waals surface area contributed by atoms with Crippen molar-refractivity contribution in [2.45, 2.75) is 34.1 Å². The molecule has 0 aliphatic rings. The Bertz CT molecular complexity index is 722. The Morgan fingerprint density at radius 3 is 2.48 bits per heavy atom. The Morgan fingerprint density at radius 2 is 1.87 bits per heavy atom.